The Hall–Kier alpha value is -2.62. The van der Waals surface area contributed by atoms with E-state index in [1.54, 1.807) is 18.2 Å². The van der Waals surface area contributed by atoms with Crippen molar-refractivity contribution in [2.75, 3.05) is 5.32 Å². The summed E-state index contributed by atoms with van der Waals surface area (Å²) in [5.41, 5.74) is 2.54. The van der Waals surface area contributed by atoms with E-state index in [4.69, 9.17) is 4.74 Å². The minimum atomic E-state index is -0.542. The van der Waals surface area contributed by atoms with Crippen molar-refractivity contribution in [3.05, 3.63) is 54.1 Å². The second kappa shape index (κ2) is 6.43. The van der Waals surface area contributed by atoms with Crippen LogP contribution >= 0.6 is 0 Å². The van der Waals surface area contributed by atoms with Crippen molar-refractivity contribution in [2.45, 2.75) is 26.4 Å². The number of rotatable bonds is 3. The molecular weight excluding hydrogens is 278 g/mol. The van der Waals surface area contributed by atoms with Crippen molar-refractivity contribution in [3.63, 3.8) is 0 Å². The molecule has 114 valence electrons. The normalized spacial score (nSPS) is 10.9. The highest BCUT2D eigenvalue weighted by Crippen LogP contribution is 2.23. The molecule has 0 fully saturated rings. The Balaban J connectivity index is 2.19. The third-order valence-corrected chi connectivity index (χ3v) is 2.86. The van der Waals surface area contributed by atoms with E-state index >= 15 is 0 Å². The lowest BCUT2D eigenvalue weighted by Gasteiger charge is -2.19. The van der Waals surface area contributed by atoms with E-state index in [9.17, 15) is 9.59 Å². The van der Waals surface area contributed by atoms with Gasteiger partial charge in [-0.2, -0.15) is 0 Å². The van der Waals surface area contributed by atoms with E-state index < -0.39 is 11.7 Å². The highest BCUT2D eigenvalue weighted by molar-refractivity contribution is 5.86. The van der Waals surface area contributed by atoms with Crippen molar-refractivity contribution in [3.8, 4) is 11.1 Å². The van der Waals surface area contributed by atoms with Crippen LogP contribution in [0.2, 0.25) is 0 Å². The average Bonchev–Trinajstić information content (AvgIpc) is 2.45. The summed E-state index contributed by atoms with van der Waals surface area (Å²) < 4.78 is 5.23. The molecule has 1 N–H and O–H groups in total. The molecule has 0 atom stereocenters. The molecule has 4 heteroatoms. The second-order valence-electron chi connectivity index (χ2n) is 5.95. The fourth-order valence-corrected chi connectivity index (χ4v) is 1.99. The van der Waals surface area contributed by atoms with Crippen molar-refractivity contribution >= 4 is 18.1 Å². The number of carbonyl (C=O) groups is 2. The predicted molar refractivity (Wildman–Crippen MR) is 87.1 cm³/mol. The van der Waals surface area contributed by atoms with E-state index in [2.05, 4.69) is 5.32 Å². The van der Waals surface area contributed by atoms with Gasteiger partial charge in [0.2, 0.25) is 0 Å². The monoisotopic (exact) mass is 297 g/mol. The van der Waals surface area contributed by atoms with Gasteiger partial charge < -0.3 is 4.74 Å². The minimum absolute atomic E-state index is 0.494. The molecule has 2 aromatic carbocycles. The number of aldehydes is 1. The first-order chi connectivity index (χ1) is 10.4. The van der Waals surface area contributed by atoms with Gasteiger partial charge in [-0.25, -0.2) is 4.79 Å². The number of carbonyl (C=O) groups excluding carboxylic acids is 2. The number of amides is 1. The van der Waals surface area contributed by atoms with Crippen LogP contribution in [0.1, 0.15) is 31.1 Å². The summed E-state index contributed by atoms with van der Waals surface area (Å²) in [5, 5.41) is 2.71. The summed E-state index contributed by atoms with van der Waals surface area (Å²) in [5.74, 6) is 0. The third-order valence-electron chi connectivity index (χ3n) is 2.86. The number of hydrogen-bond acceptors (Lipinski definition) is 3. The molecule has 0 saturated carbocycles. The lowest BCUT2D eigenvalue weighted by Crippen LogP contribution is -2.27. The standard InChI is InChI=1S/C18H19NO3/c1-18(2,3)22-17(21)19-16-9-5-8-15(11-16)14-7-4-6-13(10-14)12-20/h4-12H,1-3H3,(H,19,21). The van der Waals surface area contributed by atoms with Gasteiger partial charge in [-0.3, -0.25) is 10.1 Å². The van der Waals surface area contributed by atoms with Gasteiger partial charge in [-0.15, -0.1) is 0 Å². The number of ether oxygens (including phenoxy) is 1. The van der Waals surface area contributed by atoms with Crippen LogP contribution < -0.4 is 5.32 Å². The van der Waals surface area contributed by atoms with E-state index in [1.165, 1.54) is 0 Å². The molecule has 2 rings (SSSR count). The molecule has 22 heavy (non-hydrogen) atoms. The first kappa shape index (κ1) is 15.8. The molecule has 2 aromatic rings. The van der Waals surface area contributed by atoms with Crippen LogP contribution in [-0.2, 0) is 4.74 Å². The van der Waals surface area contributed by atoms with Crippen molar-refractivity contribution < 1.29 is 14.3 Å². The third kappa shape index (κ3) is 4.45. The Morgan fingerprint density at radius 3 is 2.32 bits per heavy atom. The Labute approximate surface area is 130 Å². The van der Waals surface area contributed by atoms with Crippen LogP contribution in [0.15, 0.2) is 48.5 Å². The van der Waals surface area contributed by atoms with Gasteiger partial charge in [0.25, 0.3) is 0 Å². The lowest BCUT2D eigenvalue weighted by atomic mass is 10.0. The largest absolute Gasteiger partial charge is 0.444 e. The zero-order valence-corrected chi connectivity index (χ0v) is 12.9. The minimum Gasteiger partial charge on any atom is -0.444 e. The van der Waals surface area contributed by atoms with E-state index in [-0.39, 0.29) is 0 Å². The molecule has 0 aliphatic carbocycles. The topological polar surface area (TPSA) is 55.4 Å². The van der Waals surface area contributed by atoms with Crippen LogP contribution in [0, 0.1) is 0 Å². The zero-order valence-electron chi connectivity index (χ0n) is 12.9. The molecule has 0 aromatic heterocycles. The van der Waals surface area contributed by atoms with Crippen LogP contribution in [0.3, 0.4) is 0 Å². The lowest BCUT2D eigenvalue weighted by molar-refractivity contribution is 0.0636. The fraction of sp³-hybridized carbons (Fsp3) is 0.222. The molecule has 0 unspecified atom stereocenters. The van der Waals surface area contributed by atoms with Gasteiger partial charge >= 0.3 is 6.09 Å². The average molecular weight is 297 g/mol. The van der Waals surface area contributed by atoms with Crippen molar-refractivity contribution in [1.82, 2.24) is 0 Å². The zero-order chi connectivity index (χ0) is 16.2. The number of anilines is 1. The molecule has 4 nitrogen and oxygen atoms in total. The number of nitrogens with one attached hydrogen (secondary N) is 1. The Morgan fingerprint density at radius 2 is 1.68 bits per heavy atom. The van der Waals surface area contributed by atoms with Crippen LogP contribution in [0.25, 0.3) is 11.1 Å². The number of benzene rings is 2. The molecule has 0 spiro atoms. The maximum Gasteiger partial charge on any atom is 0.412 e. The summed E-state index contributed by atoms with van der Waals surface area (Å²) >= 11 is 0. The van der Waals surface area contributed by atoms with Crippen LogP contribution in [0.5, 0.6) is 0 Å². The molecule has 0 radical (unpaired) electrons. The van der Waals surface area contributed by atoms with Gasteiger partial charge in [-0.05, 0) is 50.1 Å². The van der Waals surface area contributed by atoms with Crippen LogP contribution in [-0.4, -0.2) is 18.0 Å². The molecule has 1 amide bonds. The van der Waals surface area contributed by atoms with Gasteiger partial charge in [-0.1, -0.05) is 30.3 Å². The first-order valence-corrected chi connectivity index (χ1v) is 7.03. The van der Waals surface area contributed by atoms with Gasteiger partial charge in [0.1, 0.15) is 11.9 Å². The summed E-state index contributed by atoms with van der Waals surface area (Å²) in [6.45, 7) is 5.44. The number of hydrogen-bond donors (Lipinski definition) is 1. The van der Waals surface area contributed by atoms with Gasteiger partial charge in [0.15, 0.2) is 0 Å². The highest BCUT2D eigenvalue weighted by Gasteiger charge is 2.16. The SMILES string of the molecule is CC(C)(C)OC(=O)Nc1cccc(-c2cccc(C=O)c2)c1. The Morgan fingerprint density at radius 1 is 1.05 bits per heavy atom. The molecular formula is C18H19NO3. The summed E-state index contributed by atoms with van der Waals surface area (Å²) in [6.07, 6.45) is 0.318. The Kier molecular flexibility index (Phi) is 4.61. The van der Waals surface area contributed by atoms with Crippen molar-refractivity contribution in [1.29, 1.82) is 0 Å². The molecule has 0 saturated heterocycles. The van der Waals surface area contributed by atoms with E-state index in [1.807, 2.05) is 51.1 Å². The maximum atomic E-state index is 11.8. The van der Waals surface area contributed by atoms with Crippen LogP contribution in [0.4, 0.5) is 10.5 Å². The molecule has 0 bridgehead atoms. The van der Waals surface area contributed by atoms with Gasteiger partial charge in [0.05, 0.1) is 0 Å². The predicted octanol–water partition coefficient (Wildman–Crippen LogP) is 4.51. The summed E-state index contributed by atoms with van der Waals surface area (Å²) in [4.78, 5) is 22.7. The smallest absolute Gasteiger partial charge is 0.412 e. The van der Waals surface area contributed by atoms with E-state index in [0.717, 1.165) is 17.4 Å². The fourth-order valence-electron chi connectivity index (χ4n) is 1.99. The van der Waals surface area contributed by atoms with Gasteiger partial charge in [0, 0.05) is 11.3 Å². The molecule has 0 aliphatic heterocycles. The van der Waals surface area contributed by atoms with E-state index in [0.29, 0.717) is 11.3 Å². The Bertz CT molecular complexity index is 687. The summed E-state index contributed by atoms with van der Waals surface area (Å²) in [6, 6.07) is 14.7. The quantitative estimate of drug-likeness (QED) is 0.848. The maximum absolute atomic E-state index is 11.8. The molecule has 0 aliphatic rings. The van der Waals surface area contributed by atoms with Crippen molar-refractivity contribution in [2.24, 2.45) is 0 Å². The highest BCUT2D eigenvalue weighted by atomic mass is 16.6. The second-order valence-corrected chi connectivity index (χ2v) is 5.95. The molecule has 0 heterocycles. The first-order valence-electron chi connectivity index (χ1n) is 7.03. The summed E-state index contributed by atoms with van der Waals surface area (Å²) in [7, 11) is 0.